The first kappa shape index (κ1) is 20.0. The van der Waals surface area contributed by atoms with E-state index in [0.29, 0.717) is 12.3 Å². The Balaban J connectivity index is 1.87. The highest BCUT2D eigenvalue weighted by molar-refractivity contribution is 9.10. The highest BCUT2D eigenvalue weighted by Gasteiger charge is 2.18. The highest BCUT2D eigenvalue weighted by atomic mass is 79.9. The summed E-state index contributed by atoms with van der Waals surface area (Å²) in [5, 5.41) is 4.33. The van der Waals surface area contributed by atoms with Crippen LogP contribution in [0.1, 0.15) is 30.4 Å². The van der Waals surface area contributed by atoms with Crippen molar-refractivity contribution in [1.82, 2.24) is 9.73 Å². The van der Waals surface area contributed by atoms with E-state index in [1.807, 2.05) is 31.2 Å². The largest absolute Gasteiger partial charge is 0.297 e. The number of hydrogen-bond donors (Lipinski definition) is 1. The number of rotatable bonds is 6. The Morgan fingerprint density at radius 1 is 1.07 bits per heavy atom. The zero-order valence-corrected chi connectivity index (χ0v) is 17.8. The lowest BCUT2D eigenvalue weighted by Crippen LogP contribution is -2.36. The van der Waals surface area contributed by atoms with E-state index in [9.17, 15) is 8.42 Å². The second-order valence-electron chi connectivity index (χ2n) is 6.78. The highest BCUT2D eigenvalue weighted by Crippen LogP contribution is 2.19. The van der Waals surface area contributed by atoms with Crippen LogP contribution in [-0.2, 0) is 10.0 Å². The molecule has 0 unspecified atom stereocenters. The zero-order valence-electron chi connectivity index (χ0n) is 15.4. The van der Waals surface area contributed by atoms with Crippen LogP contribution in [-0.4, -0.2) is 38.7 Å². The second-order valence-corrected chi connectivity index (χ2v) is 9.30. The van der Waals surface area contributed by atoms with E-state index in [-0.39, 0.29) is 4.90 Å². The molecule has 0 radical (unpaired) electrons. The van der Waals surface area contributed by atoms with Crippen LogP contribution in [0, 0.1) is 6.92 Å². The van der Waals surface area contributed by atoms with Gasteiger partial charge < -0.3 is 0 Å². The summed E-state index contributed by atoms with van der Waals surface area (Å²) in [5.74, 6) is 0. The quantitative estimate of drug-likeness (QED) is 0.536. The molecule has 27 heavy (non-hydrogen) atoms. The van der Waals surface area contributed by atoms with E-state index >= 15 is 0 Å². The summed E-state index contributed by atoms with van der Waals surface area (Å²) in [6, 6.07) is 14.5. The van der Waals surface area contributed by atoms with E-state index in [1.54, 1.807) is 24.3 Å². The molecule has 1 aliphatic heterocycles. The number of aryl methyl sites for hydroxylation is 1. The number of halogens is 1. The number of benzene rings is 2. The van der Waals surface area contributed by atoms with Gasteiger partial charge in [0.25, 0.3) is 10.0 Å². The van der Waals surface area contributed by atoms with Gasteiger partial charge in [-0.05, 0) is 51.1 Å². The monoisotopic (exact) mass is 449 g/mol. The smallest absolute Gasteiger partial charge is 0.276 e. The first-order valence-electron chi connectivity index (χ1n) is 9.08. The Morgan fingerprint density at radius 3 is 2.41 bits per heavy atom. The molecular weight excluding hydrogens is 426 g/mol. The fourth-order valence-corrected chi connectivity index (χ4v) is 4.43. The molecule has 3 rings (SSSR count). The Kier molecular flexibility index (Phi) is 6.68. The van der Waals surface area contributed by atoms with Gasteiger partial charge in [0.1, 0.15) is 0 Å². The van der Waals surface area contributed by atoms with Crippen molar-refractivity contribution in [1.29, 1.82) is 0 Å². The van der Waals surface area contributed by atoms with Crippen molar-refractivity contribution in [3.05, 3.63) is 64.1 Å². The van der Waals surface area contributed by atoms with Crippen molar-refractivity contribution in [2.45, 2.75) is 31.1 Å². The van der Waals surface area contributed by atoms with Crippen molar-refractivity contribution in [2.24, 2.45) is 5.10 Å². The average molecular weight is 450 g/mol. The van der Waals surface area contributed by atoms with Crippen LogP contribution in [0.25, 0.3) is 0 Å². The van der Waals surface area contributed by atoms with Crippen LogP contribution in [0.15, 0.2) is 63.0 Å². The molecule has 5 nitrogen and oxygen atoms in total. The minimum Gasteiger partial charge on any atom is -0.297 e. The molecule has 7 heteroatoms. The Labute approximate surface area is 169 Å². The zero-order chi connectivity index (χ0) is 19.3. The number of hydrazone groups is 1. The second kappa shape index (κ2) is 8.99. The molecule has 1 heterocycles. The maximum atomic E-state index is 12.6. The molecule has 2 aromatic carbocycles. The number of likely N-dealkylation sites (tertiary alicyclic amines) is 1. The third kappa shape index (κ3) is 5.40. The number of nitrogens with zero attached hydrogens (tertiary/aromatic N) is 2. The maximum absolute atomic E-state index is 12.6. The van der Waals surface area contributed by atoms with Gasteiger partial charge >= 0.3 is 0 Å². The van der Waals surface area contributed by atoms with Gasteiger partial charge in [-0.3, -0.25) is 4.90 Å². The lowest BCUT2D eigenvalue weighted by Gasteiger charge is -2.27. The molecular formula is C20H24BrN3O2S. The summed E-state index contributed by atoms with van der Waals surface area (Å²) in [4.78, 5) is 4.95. The van der Waals surface area contributed by atoms with Gasteiger partial charge in [0.2, 0.25) is 0 Å². The molecule has 0 aromatic heterocycles. The lowest BCUT2D eigenvalue weighted by molar-refractivity contribution is 0.258. The van der Waals surface area contributed by atoms with Gasteiger partial charge in [0, 0.05) is 16.6 Å². The van der Waals surface area contributed by atoms with Crippen LogP contribution >= 0.6 is 15.9 Å². The van der Waals surface area contributed by atoms with Crippen molar-refractivity contribution >= 4 is 31.7 Å². The minimum atomic E-state index is -3.71. The number of sulfonamides is 1. The van der Waals surface area contributed by atoms with Crippen LogP contribution in [0.4, 0.5) is 0 Å². The first-order valence-corrected chi connectivity index (χ1v) is 11.4. The molecule has 0 bridgehead atoms. The van der Waals surface area contributed by atoms with Crippen molar-refractivity contribution in [3.8, 4) is 0 Å². The van der Waals surface area contributed by atoms with Gasteiger partial charge in [-0.25, -0.2) is 0 Å². The molecule has 1 fully saturated rings. The summed E-state index contributed by atoms with van der Waals surface area (Å²) in [7, 11) is -3.71. The molecule has 0 aliphatic carbocycles. The molecule has 2 aromatic rings. The van der Waals surface area contributed by atoms with Crippen LogP contribution < -0.4 is 4.83 Å². The first-order chi connectivity index (χ1) is 13.0. The van der Waals surface area contributed by atoms with Crippen LogP contribution in [0.3, 0.4) is 0 Å². The number of nitrogens with one attached hydrogen (secondary N) is 1. The summed E-state index contributed by atoms with van der Waals surface area (Å²) >= 11 is 3.56. The number of hydrogen-bond acceptors (Lipinski definition) is 4. The third-order valence-electron chi connectivity index (χ3n) is 4.64. The van der Waals surface area contributed by atoms with Crippen molar-refractivity contribution in [2.75, 3.05) is 19.6 Å². The lowest BCUT2D eigenvalue weighted by atomic mass is 10.1. The summed E-state index contributed by atoms with van der Waals surface area (Å²) in [5.41, 5.74) is 2.62. The van der Waals surface area contributed by atoms with E-state index in [0.717, 1.165) is 28.7 Å². The SMILES string of the molecule is Cc1ccc(S(=O)(=O)N/N=C(/CN2CCCCC2)c2ccccc2Br)cc1. The molecule has 0 atom stereocenters. The van der Waals surface area contributed by atoms with Gasteiger partial charge in [-0.15, -0.1) is 0 Å². The van der Waals surface area contributed by atoms with Gasteiger partial charge in [-0.1, -0.05) is 58.2 Å². The Bertz CT molecular complexity index is 905. The molecule has 144 valence electrons. The predicted octanol–water partition coefficient (Wildman–Crippen LogP) is 3.93. The fraction of sp³-hybridized carbons (Fsp3) is 0.350. The van der Waals surface area contributed by atoms with Crippen molar-refractivity contribution < 1.29 is 8.42 Å². The van der Waals surface area contributed by atoms with Crippen molar-refractivity contribution in [3.63, 3.8) is 0 Å². The summed E-state index contributed by atoms with van der Waals surface area (Å²) < 4.78 is 26.1. The van der Waals surface area contributed by atoms with E-state index in [1.165, 1.54) is 19.3 Å². The van der Waals surface area contributed by atoms with E-state index in [2.05, 4.69) is 30.8 Å². The van der Waals surface area contributed by atoms with E-state index < -0.39 is 10.0 Å². The third-order valence-corrected chi connectivity index (χ3v) is 6.55. The van der Waals surface area contributed by atoms with Crippen LogP contribution in [0.5, 0.6) is 0 Å². The molecule has 0 saturated carbocycles. The van der Waals surface area contributed by atoms with Gasteiger partial charge in [0.05, 0.1) is 10.6 Å². The summed E-state index contributed by atoms with van der Waals surface area (Å²) in [6.45, 7) is 4.55. The molecule has 1 saturated heterocycles. The average Bonchev–Trinajstić information content (AvgIpc) is 2.67. The number of piperidine rings is 1. The van der Waals surface area contributed by atoms with Crippen LogP contribution in [0.2, 0.25) is 0 Å². The summed E-state index contributed by atoms with van der Waals surface area (Å²) in [6.07, 6.45) is 3.58. The maximum Gasteiger partial charge on any atom is 0.276 e. The molecule has 1 N–H and O–H groups in total. The Hall–Kier alpha value is -1.70. The van der Waals surface area contributed by atoms with Gasteiger partial charge in [-0.2, -0.15) is 18.4 Å². The Morgan fingerprint density at radius 2 is 1.74 bits per heavy atom. The topological polar surface area (TPSA) is 61.8 Å². The van der Waals surface area contributed by atoms with Gasteiger partial charge in [0.15, 0.2) is 0 Å². The molecule has 0 spiro atoms. The standard InChI is InChI=1S/C20H24BrN3O2S/c1-16-9-11-17(12-10-16)27(25,26)23-22-20(15-24-13-5-2-6-14-24)18-7-3-4-8-19(18)21/h3-4,7-12,23H,2,5-6,13-15H2,1H3/b22-20-. The predicted molar refractivity (Wildman–Crippen MR) is 112 cm³/mol. The fourth-order valence-electron chi connectivity index (χ4n) is 3.09. The normalized spacial score (nSPS) is 16.3. The molecule has 0 amide bonds. The minimum absolute atomic E-state index is 0.210. The molecule has 1 aliphatic rings. The van der Waals surface area contributed by atoms with E-state index in [4.69, 9.17) is 0 Å².